The number of fused-ring (bicyclic) bond motifs is 2. The van der Waals surface area contributed by atoms with Crippen LogP contribution in [0.15, 0.2) is 77.4 Å². The molecule has 3 aliphatic rings. The average molecular weight is 754 g/mol. The number of hydrogen-bond acceptors (Lipinski definition) is 10. The summed E-state index contributed by atoms with van der Waals surface area (Å²) in [6, 6.07) is 9.75. The number of hydrogen-bond donors (Lipinski definition) is 1. The van der Waals surface area contributed by atoms with Gasteiger partial charge in [0.2, 0.25) is 5.69 Å². The molecule has 0 saturated carbocycles. The van der Waals surface area contributed by atoms with E-state index in [-0.39, 0.29) is 29.9 Å². The lowest BCUT2D eigenvalue weighted by atomic mass is 9.81. The Morgan fingerprint density at radius 2 is 1.69 bits per heavy atom. The van der Waals surface area contributed by atoms with Crippen LogP contribution in [-0.2, 0) is 51.5 Å². The third-order valence-corrected chi connectivity index (χ3v) is 10.9. The molecule has 0 aliphatic carbocycles. The summed E-state index contributed by atoms with van der Waals surface area (Å²) < 4.78 is 63.1. The summed E-state index contributed by atoms with van der Waals surface area (Å²) >= 11 is -2.48. The second kappa shape index (κ2) is 15.3. The number of imide groups is 1. The number of nitrogens with zero attached hydrogens (tertiary/aromatic N) is 3. The number of carbonyl (C=O) groups excluding carboxylic acids is 3. The summed E-state index contributed by atoms with van der Waals surface area (Å²) in [4.78, 5) is 42.6. The predicted molar refractivity (Wildman–Crippen MR) is 193 cm³/mol. The fourth-order valence-electron chi connectivity index (χ4n) is 7.06. The van der Waals surface area contributed by atoms with E-state index in [4.69, 9.17) is 9.02 Å². The van der Waals surface area contributed by atoms with Gasteiger partial charge in [-0.15, -0.1) is 5.06 Å². The molecule has 2 aromatic carbocycles. The Hall–Kier alpha value is -4.44. The lowest BCUT2D eigenvalue weighted by Gasteiger charge is -2.25. The normalized spacial score (nSPS) is 19.3. The van der Waals surface area contributed by atoms with Gasteiger partial charge in [-0.25, -0.2) is 13.2 Å². The summed E-state index contributed by atoms with van der Waals surface area (Å²) in [6.07, 6.45) is 11.8. The minimum absolute atomic E-state index is 0.0391. The van der Waals surface area contributed by atoms with Crippen LogP contribution in [0.4, 0.5) is 11.4 Å². The van der Waals surface area contributed by atoms with Crippen molar-refractivity contribution in [1.82, 2.24) is 5.06 Å². The van der Waals surface area contributed by atoms with E-state index in [1.165, 1.54) is 12.1 Å². The third-order valence-electron chi connectivity index (χ3n) is 9.69. The minimum atomic E-state index is -4.60. The van der Waals surface area contributed by atoms with Crippen molar-refractivity contribution in [3.63, 3.8) is 0 Å². The van der Waals surface area contributed by atoms with Crippen molar-refractivity contribution >= 4 is 56.3 Å². The van der Waals surface area contributed by atoms with Crippen molar-refractivity contribution in [1.29, 1.82) is 0 Å². The highest BCUT2D eigenvalue weighted by Gasteiger charge is 2.44. The van der Waals surface area contributed by atoms with Gasteiger partial charge in [-0.2, -0.15) is 8.78 Å². The first-order valence-electron chi connectivity index (χ1n) is 17.1. The van der Waals surface area contributed by atoms with E-state index in [0.717, 1.165) is 33.9 Å². The molecule has 1 fully saturated rings. The summed E-state index contributed by atoms with van der Waals surface area (Å²) in [6.45, 7) is 11.4. The SMILES string of the molecule is CCN1C(=CC=CC=CC2=[N+](CCCCCC(=O)ON3C(=O)CCC3=O)c3ccc(OS(=O)O)cc3C2(C)C)C(C)(C)c2cc(S(=O)(=O)[O-])ccc21. The number of anilines is 1. The maximum atomic E-state index is 12.3. The van der Waals surface area contributed by atoms with Crippen LogP contribution < -0.4 is 9.08 Å². The number of unbranched alkanes of at least 4 members (excludes halogenated alkanes) is 2. The van der Waals surface area contributed by atoms with E-state index >= 15 is 0 Å². The zero-order chi connectivity index (χ0) is 38.0. The molecule has 0 aromatic heterocycles. The number of likely N-dealkylation sites (N-methyl/N-ethyl adjacent to an activating group) is 1. The second-order valence-electron chi connectivity index (χ2n) is 13.8. The van der Waals surface area contributed by atoms with Gasteiger partial charge in [0.15, 0.2) is 5.71 Å². The third kappa shape index (κ3) is 7.97. The topological polar surface area (TPSA) is 174 Å². The molecule has 15 heteroatoms. The highest BCUT2D eigenvalue weighted by atomic mass is 32.2. The van der Waals surface area contributed by atoms with Crippen LogP contribution in [0.1, 0.15) is 84.3 Å². The summed E-state index contributed by atoms with van der Waals surface area (Å²) in [5.41, 5.74) is 4.30. The molecule has 1 unspecified atom stereocenters. The van der Waals surface area contributed by atoms with Crippen LogP contribution in [0.3, 0.4) is 0 Å². The monoisotopic (exact) mass is 753 g/mol. The predicted octanol–water partition coefficient (Wildman–Crippen LogP) is 5.46. The van der Waals surface area contributed by atoms with Crippen LogP contribution in [0.2, 0.25) is 0 Å². The Balaban J connectivity index is 1.34. The van der Waals surface area contributed by atoms with Gasteiger partial charge in [-0.1, -0.05) is 32.1 Å². The van der Waals surface area contributed by atoms with Gasteiger partial charge < -0.3 is 18.5 Å². The fraction of sp³-hybridized carbons (Fsp3) is 0.405. The zero-order valence-corrected chi connectivity index (χ0v) is 31.4. The van der Waals surface area contributed by atoms with E-state index in [9.17, 15) is 36.1 Å². The maximum Gasteiger partial charge on any atom is 0.357 e. The number of hydroxylamine groups is 2. The number of rotatable bonds is 14. The quantitative estimate of drug-likeness (QED) is 0.0648. The molecule has 1 N–H and O–H groups in total. The Morgan fingerprint density at radius 3 is 2.35 bits per heavy atom. The molecule has 0 radical (unpaired) electrons. The molecule has 52 heavy (non-hydrogen) atoms. The lowest BCUT2D eigenvalue weighted by molar-refractivity contribution is -0.438. The maximum absolute atomic E-state index is 12.3. The van der Waals surface area contributed by atoms with Gasteiger partial charge in [0, 0.05) is 66.7 Å². The van der Waals surface area contributed by atoms with E-state index in [1.807, 2.05) is 57.2 Å². The molecule has 0 spiro atoms. The molecule has 2 aromatic rings. The highest BCUT2D eigenvalue weighted by molar-refractivity contribution is 7.85. The fourth-order valence-corrected chi connectivity index (χ4v) is 7.82. The molecule has 5 rings (SSSR count). The Bertz CT molecular complexity index is 2030. The largest absolute Gasteiger partial charge is 0.744 e. The molecule has 3 aliphatic heterocycles. The van der Waals surface area contributed by atoms with E-state index in [2.05, 4.69) is 23.3 Å². The van der Waals surface area contributed by atoms with Crippen LogP contribution in [0.25, 0.3) is 0 Å². The Labute approximate surface area is 306 Å². The van der Waals surface area contributed by atoms with E-state index < -0.39 is 50.1 Å². The molecular weight excluding hydrogens is 711 g/mol. The van der Waals surface area contributed by atoms with Crippen LogP contribution >= 0.6 is 0 Å². The number of benzene rings is 2. The molecule has 1 atom stereocenters. The van der Waals surface area contributed by atoms with Crippen molar-refractivity contribution in [3.8, 4) is 5.75 Å². The minimum Gasteiger partial charge on any atom is -0.744 e. The number of carbonyl (C=O) groups is 3. The first kappa shape index (κ1) is 38.8. The zero-order valence-electron chi connectivity index (χ0n) is 29.8. The first-order valence-corrected chi connectivity index (χ1v) is 19.5. The molecular formula is C37H43N3O10S2. The van der Waals surface area contributed by atoms with Gasteiger partial charge >= 0.3 is 17.3 Å². The summed E-state index contributed by atoms with van der Waals surface area (Å²) in [5, 5.41) is 0.557. The molecule has 0 bridgehead atoms. The lowest BCUT2D eigenvalue weighted by Crippen LogP contribution is -2.31. The van der Waals surface area contributed by atoms with Gasteiger partial charge in [0.1, 0.15) is 22.4 Å². The van der Waals surface area contributed by atoms with Crippen molar-refractivity contribution in [3.05, 3.63) is 83.6 Å². The van der Waals surface area contributed by atoms with Gasteiger partial charge in [0.05, 0.1) is 10.3 Å². The van der Waals surface area contributed by atoms with Crippen LogP contribution in [0.5, 0.6) is 5.75 Å². The molecule has 3 heterocycles. The standard InChI is InChI=1S/C37H43N3O10S2/c1-6-38-29-19-17-26(52(46,47)48)24-28(29)37(4,5)31(38)13-9-7-10-14-32-36(2,3)27-23-25(50-51(44)45)16-18-30(27)39(32)22-12-8-11-15-35(43)49-40-33(41)20-21-34(40)42/h7,9-10,13-14,16-19,23-24H,6,8,11-12,15,20-22H2,1-5H3,(H-,44,45,46,47,48). The molecule has 13 nitrogen and oxygen atoms in total. The van der Waals surface area contributed by atoms with Crippen LogP contribution in [0, 0.1) is 0 Å². The smallest absolute Gasteiger partial charge is 0.357 e. The molecule has 1 saturated heterocycles. The number of allylic oxidation sites excluding steroid dienone is 6. The summed E-state index contributed by atoms with van der Waals surface area (Å²) in [7, 11) is -4.60. The van der Waals surface area contributed by atoms with Gasteiger partial charge in [-0.3, -0.25) is 14.1 Å². The average Bonchev–Trinajstić information content (AvgIpc) is 3.58. The van der Waals surface area contributed by atoms with Gasteiger partial charge in [0.25, 0.3) is 11.8 Å². The van der Waals surface area contributed by atoms with Crippen molar-refractivity contribution in [2.75, 3.05) is 18.0 Å². The molecule has 2 amide bonds. The van der Waals surface area contributed by atoms with Gasteiger partial charge in [-0.05, 0) is 75.6 Å². The van der Waals surface area contributed by atoms with Crippen molar-refractivity contribution in [2.45, 2.75) is 88.9 Å². The van der Waals surface area contributed by atoms with Crippen molar-refractivity contribution < 1.29 is 49.7 Å². The summed E-state index contributed by atoms with van der Waals surface area (Å²) in [5.74, 6) is -1.39. The first-order chi connectivity index (χ1) is 24.5. The molecule has 278 valence electrons. The van der Waals surface area contributed by atoms with E-state index in [0.29, 0.717) is 37.4 Å². The highest BCUT2D eigenvalue weighted by Crippen LogP contribution is 2.48. The second-order valence-corrected chi connectivity index (χ2v) is 15.8. The van der Waals surface area contributed by atoms with Crippen LogP contribution in [-0.4, -0.2) is 68.0 Å². The van der Waals surface area contributed by atoms with E-state index in [1.54, 1.807) is 18.2 Å². The van der Waals surface area contributed by atoms with Crippen molar-refractivity contribution in [2.24, 2.45) is 0 Å². The Morgan fingerprint density at radius 1 is 0.981 bits per heavy atom. The number of amides is 2. The Kier molecular flexibility index (Phi) is 11.4.